The SMILES string of the molecule is CCCn1nc(C(=O)N[C@@H]2CN3CCC2CC3)c2ccc(C3=NCCO3)cc21. The highest BCUT2D eigenvalue weighted by Crippen LogP contribution is 2.28. The van der Waals surface area contributed by atoms with Crippen molar-refractivity contribution in [3.63, 3.8) is 0 Å². The molecular formula is C21H27N5O2. The zero-order valence-corrected chi connectivity index (χ0v) is 16.4. The monoisotopic (exact) mass is 381 g/mol. The van der Waals surface area contributed by atoms with Crippen molar-refractivity contribution in [1.82, 2.24) is 20.0 Å². The van der Waals surface area contributed by atoms with Crippen molar-refractivity contribution in [3.05, 3.63) is 29.5 Å². The first-order valence-corrected chi connectivity index (χ1v) is 10.4. The molecule has 3 fully saturated rings. The van der Waals surface area contributed by atoms with Crippen LogP contribution in [0.5, 0.6) is 0 Å². The fourth-order valence-corrected chi connectivity index (χ4v) is 4.73. The molecule has 0 unspecified atom stereocenters. The molecule has 1 aromatic heterocycles. The lowest BCUT2D eigenvalue weighted by atomic mass is 9.84. The van der Waals surface area contributed by atoms with Crippen molar-refractivity contribution in [2.75, 3.05) is 32.8 Å². The van der Waals surface area contributed by atoms with Crippen LogP contribution in [0.2, 0.25) is 0 Å². The minimum Gasteiger partial charge on any atom is -0.476 e. The normalized spacial score (nSPS) is 26.3. The molecule has 0 spiro atoms. The minimum absolute atomic E-state index is 0.0548. The second kappa shape index (κ2) is 7.20. The number of carbonyl (C=O) groups excluding carboxylic acids is 1. The summed E-state index contributed by atoms with van der Waals surface area (Å²) in [5.74, 6) is 1.23. The second-order valence-corrected chi connectivity index (χ2v) is 8.06. The van der Waals surface area contributed by atoms with Gasteiger partial charge >= 0.3 is 0 Å². The van der Waals surface area contributed by atoms with Gasteiger partial charge in [-0.05, 0) is 56.5 Å². The summed E-state index contributed by atoms with van der Waals surface area (Å²) < 4.78 is 7.55. The number of nitrogens with zero attached hydrogens (tertiary/aromatic N) is 4. The van der Waals surface area contributed by atoms with E-state index < -0.39 is 0 Å². The van der Waals surface area contributed by atoms with Crippen molar-refractivity contribution in [3.8, 4) is 0 Å². The third-order valence-corrected chi connectivity index (χ3v) is 6.21. The maximum absolute atomic E-state index is 13.1. The summed E-state index contributed by atoms with van der Waals surface area (Å²) in [5.41, 5.74) is 2.45. The molecule has 0 radical (unpaired) electrons. The fraction of sp³-hybridized carbons (Fsp3) is 0.571. The van der Waals surface area contributed by atoms with Crippen LogP contribution in [0.25, 0.3) is 10.9 Å². The van der Waals surface area contributed by atoms with E-state index in [-0.39, 0.29) is 11.9 Å². The van der Waals surface area contributed by atoms with E-state index in [9.17, 15) is 4.79 Å². The summed E-state index contributed by atoms with van der Waals surface area (Å²) in [5, 5.41) is 8.86. The number of hydrogen-bond acceptors (Lipinski definition) is 5. The molecule has 6 rings (SSSR count). The average Bonchev–Trinajstić information content (AvgIpc) is 3.37. The number of amides is 1. The Hall–Kier alpha value is -2.41. The third-order valence-electron chi connectivity index (χ3n) is 6.21. The highest BCUT2D eigenvalue weighted by molar-refractivity contribution is 6.07. The Morgan fingerprint density at radius 3 is 2.86 bits per heavy atom. The number of aliphatic imine (C=N–C) groups is 1. The standard InChI is InChI=1S/C21H27N5O2/c1-2-8-26-18-12-15(21-22-7-11-28-21)3-4-16(18)19(24-26)20(27)23-17-13-25-9-5-14(17)6-10-25/h3-4,12,14,17H,2,5-11,13H2,1H3,(H,23,27)/t17-/m1/s1. The number of aryl methyl sites for hydroxylation is 1. The number of carbonyl (C=O) groups is 1. The van der Waals surface area contributed by atoms with E-state index in [0.717, 1.165) is 36.0 Å². The van der Waals surface area contributed by atoms with Gasteiger partial charge in [0.05, 0.1) is 12.1 Å². The largest absolute Gasteiger partial charge is 0.476 e. The first-order valence-electron chi connectivity index (χ1n) is 10.4. The highest BCUT2D eigenvalue weighted by atomic mass is 16.5. The number of piperidine rings is 3. The van der Waals surface area contributed by atoms with E-state index in [2.05, 4.69) is 27.2 Å². The molecule has 1 N–H and O–H groups in total. The van der Waals surface area contributed by atoms with Gasteiger partial charge in [-0.25, -0.2) is 4.99 Å². The molecule has 1 aromatic carbocycles. The molecule has 5 heterocycles. The minimum atomic E-state index is -0.0548. The van der Waals surface area contributed by atoms with E-state index in [4.69, 9.17) is 4.74 Å². The smallest absolute Gasteiger partial charge is 0.272 e. The lowest BCUT2D eigenvalue weighted by molar-refractivity contribution is 0.0618. The number of ether oxygens (including phenoxy) is 1. The van der Waals surface area contributed by atoms with Crippen LogP contribution < -0.4 is 5.32 Å². The van der Waals surface area contributed by atoms with E-state index in [0.29, 0.717) is 30.7 Å². The molecule has 28 heavy (non-hydrogen) atoms. The Morgan fingerprint density at radius 1 is 1.32 bits per heavy atom. The second-order valence-electron chi connectivity index (χ2n) is 8.06. The zero-order chi connectivity index (χ0) is 19.1. The summed E-state index contributed by atoms with van der Waals surface area (Å²) in [4.78, 5) is 20.0. The zero-order valence-electron chi connectivity index (χ0n) is 16.4. The van der Waals surface area contributed by atoms with Gasteiger partial charge in [-0.2, -0.15) is 5.10 Å². The Morgan fingerprint density at radius 2 is 2.18 bits per heavy atom. The van der Waals surface area contributed by atoms with E-state index in [1.54, 1.807) is 0 Å². The molecular weight excluding hydrogens is 354 g/mol. The van der Waals surface area contributed by atoms with Crippen LogP contribution in [0.3, 0.4) is 0 Å². The van der Waals surface area contributed by atoms with E-state index in [1.807, 2.05) is 22.9 Å². The van der Waals surface area contributed by atoms with Gasteiger partial charge in [0, 0.05) is 30.1 Å². The predicted octanol–water partition coefficient (Wildman–Crippen LogP) is 2.05. The summed E-state index contributed by atoms with van der Waals surface area (Å²) in [6, 6.07) is 6.25. The van der Waals surface area contributed by atoms with Crippen LogP contribution in [0.1, 0.15) is 42.2 Å². The Kier molecular flexibility index (Phi) is 4.55. The molecule has 4 aliphatic rings. The van der Waals surface area contributed by atoms with Gasteiger partial charge in [-0.1, -0.05) is 6.92 Å². The van der Waals surface area contributed by atoms with E-state index >= 15 is 0 Å². The molecule has 7 nitrogen and oxygen atoms in total. The summed E-state index contributed by atoms with van der Waals surface area (Å²) in [7, 11) is 0. The lowest BCUT2D eigenvalue weighted by Crippen LogP contribution is -2.57. The molecule has 2 aromatic rings. The summed E-state index contributed by atoms with van der Waals surface area (Å²) in [6.45, 7) is 7.53. The molecule has 0 saturated carbocycles. The molecule has 7 heteroatoms. The van der Waals surface area contributed by atoms with Crippen molar-refractivity contribution in [2.24, 2.45) is 10.9 Å². The first-order chi connectivity index (χ1) is 13.7. The van der Waals surface area contributed by atoms with Crippen LogP contribution in [0, 0.1) is 5.92 Å². The van der Waals surface area contributed by atoms with Gasteiger partial charge in [0.1, 0.15) is 6.61 Å². The van der Waals surface area contributed by atoms with Crippen molar-refractivity contribution in [2.45, 2.75) is 38.8 Å². The number of hydrogen-bond donors (Lipinski definition) is 1. The fourth-order valence-electron chi connectivity index (χ4n) is 4.73. The average molecular weight is 381 g/mol. The molecule has 1 atom stereocenters. The van der Waals surface area contributed by atoms with Crippen molar-refractivity contribution < 1.29 is 9.53 Å². The molecule has 148 valence electrons. The van der Waals surface area contributed by atoms with Gasteiger partial charge in [-0.3, -0.25) is 9.48 Å². The summed E-state index contributed by atoms with van der Waals surface area (Å²) in [6.07, 6.45) is 3.32. The van der Waals surface area contributed by atoms with Crippen LogP contribution in [-0.4, -0.2) is 65.3 Å². The van der Waals surface area contributed by atoms with Gasteiger partial charge in [0.15, 0.2) is 5.69 Å². The van der Waals surface area contributed by atoms with Crippen LogP contribution in [-0.2, 0) is 11.3 Å². The van der Waals surface area contributed by atoms with E-state index in [1.165, 1.54) is 25.9 Å². The van der Waals surface area contributed by atoms with Crippen molar-refractivity contribution >= 4 is 22.7 Å². The topological polar surface area (TPSA) is 71.8 Å². The first kappa shape index (κ1) is 17.7. The molecule has 1 amide bonds. The lowest BCUT2D eigenvalue weighted by Gasteiger charge is -2.44. The number of benzene rings is 1. The van der Waals surface area contributed by atoms with Gasteiger partial charge < -0.3 is 15.0 Å². The molecule has 3 saturated heterocycles. The van der Waals surface area contributed by atoms with Crippen LogP contribution in [0.4, 0.5) is 0 Å². The van der Waals surface area contributed by atoms with Crippen LogP contribution >= 0.6 is 0 Å². The number of fused-ring (bicyclic) bond motifs is 4. The maximum Gasteiger partial charge on any atom is 0.272 e. The van der Waals surface area contributed by atoms with Gasteiger partial charge in [0.2, 0.25) is 5.90 Å². The van der Waals surface area contributed by atoms with Crippen molar-refractivity contribution in [1.29, 1.82) is 0 Å². The maximum atomic E-state index is 13.1. The molecule has 2 bridgehead atoms. The number of rotatable bonds is 5. The molecule has 0 aliphatic carbocycles. The Bertz CT molecular complexity index is 926. The van der Waals surface area contributed by atoms with Gasteiger partial charge in [0.25, 0.3) is 5.91 Å². The Balaban J connectivity index is 1.45. The highest BCUT2D eigenvalue weighted by Gasteiger charge is 2.35. The van der Waals surface area contributed by atoms with Crippen LogP contribution in [0.15, 0.2) is 23.2 Å². The quantitative estimate of drug-likeness (QED) is 0.860. The third kappa shape index (κ3) is 3.07. The number of aromatic nitrogens is 2. The predicted molar refractivity (Wildman–Crippen MR) is 108 cm³/mol. The Labute approximate surface area is 164 Å². The number of nitrogens with one attached hydrogen (secondary N) is 1. The summed E-state index contributed by atoms with van der Waals surface area (Å²) >= 11 is 0. The van der Waals surface area contributed by atoms with Gasteiger partial charge in [-0.15, -0.1) is 0 Å². The molecule has 4 aliphatic heterocycles.